The molecule has 1 N–H and O–H groups in total. The Morgan fingerprint density at radius 2 is 1.76 bits per heavy atom. The van der Waals surface area contributed by atoms with E-state index in [0.717, 1.165) is 24.3 Å². The van der Waals surface area contributed by atoms with Gasteiger partial charge in [-0.2, -0.15) is 0 Å². The molecule has 1 heterocycles. The number of nitrogens with one attached hydrogen (secondary N) is 1. The van der Waals surface area contributed by atoms with Gasteiger partial charge in [0.2, 0.25) is 0 Å². The van der Waals surface area contributed by atoms with Crippen molar-refractivity contribution in [3.63, 3.8) is 0 Å². The van der Waals surface area contributed by atoms with Gasteiger partial charge in [-0.3, -0.25) is 4.79 Å². The van der Waals surface area contributed by atoms with Crippen molar-refractivity contribution in [2.45, 2.75) is 26.2 Å². The predicted octanol–water partition coefficient (Wildman–Crippen LogP) is 4.20. The highest BCUT2D eigenvalue weighted by Crippen LogP contribution is 2.25. The third-order valence-electron chi connectivity index (χ3n) is 4.67. The fraction of sp³-hybridized carbons (Fsp3) is 0.364. The van der Waals surface area contributed by atoms with Crippen LogP contribution < -0.4 is 15.0 Å². The summed E-state index contributed by atoms with van der Waals surface area (Å²) in [5.41, 5.74) is 2.78. The van der Waals surface area contributed by atoms with Gasteiger partial charge in [0.1, 0.15) is 5.75 Å². The summed E-state index contributed by atoms with van der Waals surface area (Å²) in [6.07, 6.45) is 3.71. The number of rotatable bonds is 7. The van der Waals surface area contributed by atoms with Crippen molar-refractivity contribution in [2.75, 3.05) is 36.5 Å². The molecule has 1 saturated heterocycles. The van der Waals surface area contributed by atoms with Crippen LogP contribution in [0.15, 0.2) is 42.5 Å². The van der Waals surface area contributed by atoms with Gasteiger partial charge in [-0.15, -0.1) is 0 Å². The molecule has 6 nitrogen and oxygen atoms in total. The van der Waals surface area contributed by atoms with E-state index in [4.69, 9.17) is 21.1 Å². The van der Waals surface area contributed by atoms with E-state index in [1.165, 1.54) is 19.3 Å². The third kappa shape index (κ3) is 6.39. The average Bonchev–Trinajstić information content (AvgIpc) is 2.74. The van der Waals surface area contributed by atoms with Crippen LogP contribution in [0, 0.1) is 6.92 Å². The summed E-state index contributed by atoms with van der Waals surface area (Å²) < 4.78 is 10.3. The average molecular weight is 417 g/mol. The number of amides is 1. The van der Waals surface area contributed by atoms with Gasteiger partial charge in [-0.25, -0.2) is 4.79 Å². The summed E-state index contributed by atoms with van der Waals surface area (Å²) in [6, 6.07) is 13.0. The van der Waals surface area contributed by atoms with Gasteiger partial charge in [0, 0.05) is 24.5 Å². The summed E-state index contributed by atoms with van der Waals surface area (Å²) in [7, 11) is 0. The summed E-state index contributed by atoms with van der Waals surface area (Å²) in [5.74, 6) is -0.641. The number of aryl methyl sites for hydroxylation is 1. The largest absolute Gasteiger partial charge is 0.480 e. The van der Waals surface area contributed by atoms with Crippen molar-refractivity contribution in [1.29, 1.82) is 0 Å². The van der Waals surface area contributed by atoms with Gasteiger partial charge >= 0.3 is 5.97 Å². The minimum atomic E-state index is -0.641. The first kappa shape index (κ1) is 21.0. The normalized spacial score (nSPS) is 13.7. The Labute approximate surface area is 175 Å². The van der Waals surface area contributed by atoms with Crippen LogP contribution in [0.4, 0.5) is 11.4 Å². The first-order valence-corrected chi connectivity index (χ1v) is 10.1. The lowest BCUT2D eigenvalue weighted by Gasteiger charge is -2.28. The maximum atomic E-state index is 12.0. The van der Waals surface area contributed by atoms with Crippen LogP contribution in [0.2, 0.25) is 5.02 Å². The molecule has 154 valence electrons. The number of hydrogen-bond donors (Lipinski definition) is 1. The van der Waals surface area contributed by atoms with E-state index in [9.17, 15) is 9.59 Å². The topological polar surface area (TPSA) is 67.9 Å². The van der Waals surface area contributed by atoms with Crippen molar-refractivity contribution in [3.05, 3.63) is 53.1 Å². The zero-order valence-electron chi connectivity index (χ0n) is 16.4. The highest BCUT2D eigenvalue weighted by molar-refractivity contribution is 6.32. The number of nitrogens with zero attached hydrogens (tertiary/aromatic N) is 1. The zero-order chi connectivity index (χ0) is 20.6. The molecule has 0 radical (unpaired) electrons. The van der Waals surface area contributed by atoms with Crippen LogP contribution in [-0.2, 0) is 14.3 Å². The van der Waals surface area contributed by atoms with Crippen molar-refractivity contribution >= 4 is 34.9 Å². The molecule has 1 amide bonds. The van der Waals surface area contributed by atoms with Crippen molar-refractivity contribution in [2.24, 2.45) is 0 Å². The van der Waals surface area contributed by atoms with Crippen LogP contribution in [0.3, 0.4) is 0 Å². The first-order valence-electron chi connectivity index (χ1n) is 9.71. The number of benzene rings is 2. The molecule has 2 aromatic rings. The summed E-state index contributed by atoms with van der Waals surface area (Å²) in [5, 5.41) is 3.13. The number of carbonyl (C=O) groups is 2. The smallest absolute Gasteiger partial charge is 0.344 e. The molecule has 0 aliphatic carbocycles. The van der Waals surface area contributed by atoms with Crippen LogP contribution in [0.5, 0.6) is 5.75 Å². The minimum Gasteiger partial charge on any atom is -0.480 e. The molecule has 1 fully saturated rings. The Balaban J connectivity index is 1.41. The molecule has 0 bridgehead atoms. The van der Waals surface area contributed by atoms with Crippen LogP contribution in [-0.4, -0.2) is 38.2 Å². The third-order valence-corrected chi connectivity index (χ3v) is 4.98. The van der Waals surface area contributed by atoms with Crippen molar-refractivity contribution in [3.8, 4) is 5.75 Å². The lowest BCUT2D eigenvalue weighted by molar-refractivity contribution is -0.149. The van der Waals surface area contributed by atoms with E-state index in [1.807, 2.05) is 37.3 Å². The molecule has 0 spiro atoms. The molecule has 1 aliphatic rings. The molecule has 7 heteroatoms. The monoisotopic (exact) mass is 416 g/mol. The van der Waals surface area contributed by atoms with E-state index in [-0.39, 0.29) is 13.2 Å². The highest BCUT2D eigenvalue weighted by atomic mass is 35.5. The maximum Gasteiger partial charge on any atom is 0.344 e. The van der Waals surface area contributed by atoms with Crippen molar-refractivity contribution < 1.29 is 19.1 Å². The molecule has 0 saturated carbocycles. The summed E-state index contributed by atoms with van der Waals surface area (Å²) >= 11 is 6.01. The Morgan fingerprint density at radius 3 is 2.48 bits per heavy atom. The SMILES string of the molecule is Cc1ccc(Cl)c(OCC(=O)OCC(=O)Nc2ccc(N3CCCCC3)cc2)c1. The molecule has 3 rings (SSSR count). The number of hydrogen-bond acceptors (Lipinski definition) is 5. The number of esters is 1. The number of piperidine rings is 1. The van der Waals surface area contributed by atoms with E-state index in [1.54, 1.807) is 12.1 Å². The Kier molecular flexibility index (Phi) is 7.36. The van der Waals surface area contributed by atoms with E-state index < -0.39 is 11.9 Å². The molecular weight excluding hydrogens is 392 g/mol. The first-order chi connectivity index (χ1) is 14.0. The van der Waals surface area contributed by atoms with E-state index in [0.29, 0.717) is 16.5 Å². The zero-order valence-corrected chi connectivity index (χ0v) is 17.2. The van der Waals surface area contributed by atoms with Gasteiger partial charge in [0.05, 0.1) is 5.02 Å². The standard InChI is InChI=1S/C22H25ClN2O4/c1-16-5-10-19(23)20(13-16)28-15-22(27)29-14-21(26)24-17-6-8-18(9-7-17)25-11-3-2-4-12-25/h5-10,13H,2-4,11-12,14-15H2,1H3,(H,24,26). The Morgan fingerprint density at radius 1 is 1.03 bits per heavy atom. The van der Waals surface area contributed by atoms with Gasteiger partial charge in [-0.05, 0) is 68.1 Å². The van der Waals surface area contributed by atoms with Gasteiger partial charge in [0.15, 0.2) is 13.2 Å². The van der Waals surface area contributed by atoms with E-state index >= 15 is 0 Å². The lowest BCUT2D eigenvalue weighted by atomic mass is 10.1. The van der Waals surface area contributed by atoms with Gasteiger partial charge in [0.25, 0.3) is 5.91 Å². The summed E-state index contributed by atoms with van der Waals surface area (Å²) in [6.45, 7) is 3.33. The predicted molar refractivity (Wildman–Crippen MR) is 114 cm³/mol. The fourth-order valence-electron chi connectivity index (χ4n) is 3.15. The van der Waals surface area contributed by atoms with E-state index in [2.05, 4.69) is 10.2 Å². The minimum absolute atomic E-state index is 0.318. The van der Waals surface area contributed by atoms with Gasteiger partial charge in [-0.1, -0.05) is 17.7 Å². The van der Waals surface area contributed by atoms with Crippen LogP contribution in [0.25, 0.3) is 0 Å². The van der Waals surface area contributed by atoms with Crippen LogP contribution >= 0.6 is 11.6 Å². The molecule has 1 aliphatic heterocycles. The molecule has 0 unspecified atom stereocenters. The number of anilines is 2. The van der Waals surface area contributed by atoms with Gasteiger partial charge < -0.3 is 19.7 Å². The quantitative estimate of drug-likeness (QED) is 0.685. The second-order valence-electron chi connectivity index (χ2n) is 7.03. The molecule has 29 heavy (non-hydrogen) atoms. The Hall–Kier alpha value is -2.73. The molecular formula is C22H25ClN2O4. The number of halogens is 1. The number of carbonyl (C=O) groups excluding carboxylic acids is 2. The molecule has 2 aromatic carbocycles. The maximum absolute atomic E-state index is 12.0. The number of ether oxygens (including phenoxy) is 2. The lowest BCUT2D eigenvalue weighted by Crippen LogP contribution is -2.29. The fourth-order valence-corrected chi connectivity index (χ4v) is 3.32. The second-order valence-corrected chi connectivity index (χ2v) is 7.43. The second kappa shape index (κ2) is 10.2. The van der Waals surface area contributed by atoms with Crippen LogP contribution in [0.1, 0.15) is 24.8 Å². The molecule has 0 aromatic heterocycles. The highest BCUT2D eigenvalue weighted by Gasteiger charge is 2.12. The molecule has 0 atom stereocenters. The summed E-state index contributed by atoms with van der Waals surface area (Å²) in [4.78, 5) is 26.2. The Bertz CT molecular complexity index is 848. The van der Waals surface area contributed by atoms with Crippen molar-refractivity contribution in [1.82, 2.24) is 0 Å².